The summed E-state index contributed by atoms with van der Waals surface area (Å²) >= 11 is 0. The van der Waals surface area contributed by atoms with E-state index in [-0.39, 0.29) is 23.2 Å². The first-order chi connectivity index (χ1) is 11.1. The van der Waals surface area contributed by atoms with E-state index in [4.69, 9.17) is 0 Å². The van der Waals surface area contributed by atoms with Crippen LogP contribution in [0.5, 0.6) is 0 Å². The zero-order valence-corrected chi connectivity index (χ0v) is 13.0. The van der Waals surface area contributed by atoms with Gasteiger partial charge in [0.2, 0.25) is 0 Å². The van der Waals surface area contributed by atoms with Gasteiger partial charge in [-0.25, -0.2) is 10.1 Å². The third-order valence-electron chi connectivity index (χ3n) is 4.14. The number of rotatable bonds is 3. The lowest BCUT2D eigenvalue weighted by atomic mass is 10.0. The smallest absolute Gasteiger partial charge is 0.274 e. The molecule has 1 fully saturated rings. The summed E-state index contributed by atoms with van der Waals surface area (Å²) in [6.45, 7) is 1.68. The maximum absolute atomic E-state index is 12.5. The molecule has 2 aromatic heterocycles. The second-order valence-corrected chi connectivity index (χ2v) is 5.65. The van der Waals surface area contributed by atoms with Crippen molar-refractivity contribution in [1.29, 1.82) is 0 Å². The molecule has 0 spiro atoms. The van der Waals surface area contributed by atoms with Crippen LogP contribution in [0.4, 0.5) is 5.82 Å². The number of aromatic amines is 1. The number of hydrogen-bond acceptors (Lipinski definition) is 5. The first-order valence-electron chi connectivity index (χ1n) is 7.64. The molecule has 3 rings (SSSR count). The highest BCUT2D eigenvalue weighted by molar-refractivity contribution is 5.92. The molecule has 0 aromatic carbocycles. The lowest BCUT2D eigenvalue weighted by Gasteiger charge is -2.38. The number of carbonyl (C=O) groups is 1. The minimum absolute atomic E-state index is 0.0898. The number of H-pyrrole nitrogens is 1. The summed E-state index contributed by atoms with van der Waals surface area (Å²) < 4.78 is 0. The van der Waals surface area contributed by atoms with Crippen LogP contribution in [0.25, 0.3) is 0 Å². The minimum Gasteiger partial charge on any atom is -0.355 e. The average Bonchev–Trinajstić information content (AvgIpc) is 2.62. The van der Waals surface area contributed by atoms with Gasteiger partial charge in [0.25, 0.3) is 11.5 Å². The van der Waals surface area contributed by atoms with Crippen molar-refractivity contribution in [2.45, 2.75) is 18.9 Å². The minimum atomic E-state index is -0.316. The first-order valence-corrected chi connectivity index (χ1v) is 7.64. The van der Waals surface area contributed by atoms with Gasteiger partial charge in [0.1, 0.15) is 11.5 Å². The van der Waals surface area contributed by atoms with E-state index in [0.29, 0.717) is 0 Å². The molecule has 23 heavy (non-hydrogen) atoms. The molecular weight excluding hydrogens is 294 g/mol. The molecule has 3 heterocycles. The molecule has 0 aliphatic carbocycles. The fourth-order valence-electron chi connectivity index (χ4n) is 2.83. The lowest BCUT2D eigenvalue weighted by Crippen LogP contribution is -2.49. The molecule has 0 bridgehead atoms. The zero-order valence-electron chi connectivity index (χ0n) is 13.0. The molecule has 1 atom stereocenters. The molecule has 1 N–H and O–H groups in total. The molecule has 1 amide bonds. The lowest BCUT2D eigenvalue weighted by molar-refractivity contribution is 0.0710. The molecular formula is C16H19N5O2. The van der Waals surface area contributed by atoms with Gasteiger partial charge in [-0.2, -0.15) is 5.10 Å². The van der Waals surface area contributed by atoms with E-state index < -0.39 is 0 Å². The Balaban J connectivity index is 1.71. The van der Waals surface area contributed by atoms with E-state index >= 15 is 0 Å². The first kappa shape index (κ1) is 15.2. The van der Waals surface area contributed by atoms with Crippen molar-refractivity contribution in [3.05, 3.63) is 52.6 Å². The van der Waals surface area contributed by atoms with Crippen molar-refractivity contribution in [2.75, 3.05) is 25.0 Å². The molecule has 1 saturated heterocycles. The molecule has 0 radical (unpaired) electrons. The maximum Gasteiger partial charge on any atom is 0.274 e. The van der Waals surface area contributed by atoms with Gasteiger partial charge in [0.05, 0.1) is 0 Å². The molecule has 7 heteroatoms. The number of anilines is 1. The summed E-state index contributed by atoms with van der Waals surface area (Å²) in [5, 5.41) is 6.12. The number of hydrogen-bond donors (Lipinski definition) is 1. The number of nitrogens with one attached hydrogen (secondary N) is 1. The monoisotopic (exact) mass is 313 g/mol. The third-order valence-corrected chi connectivity index (χ3v) is 4.14. The van der Waals surface area contributed by atoms with Crippen LogP contribution in [0.15, 0.2) is 41.3 Å². The van der Waals surface area contributed by atoms with Crippen molar-refractivity contribution in [3.8, 4) is 0 Å². The van der Waals surface area contributed by atoms with Gasteiger partial charge in [0, 0.05) is 38.4 Å². The van der Waals surface area contributed by atoms with Crippen LogP contribution in [0.2, 0.25) is 0 Å². The molecule has 0 unspecified atom stereocenters. The number of piperidine rings is 1. The van der Waals surface area contributed by atoms with Crippen molar-refractivity contribution in [3.63, 3.8) is 0 Å². The maximum atomic E-state index is 12.5. The Bertz CT molecular complexity index is 710. The summed E-state index contributed by atoms with van der Waals surface area (Å²) in [5.41, 5.74) is -0.0646. The van der Waals surface area contributed by atoms with Gasteiger partial charge in [-0.05, 0) is 31.0 Å². The van der Waals surface area contributed by atoms with Gasteiger partial charge >= 0.3 is 0 Å². The van der Waals surface area contributed by atoms with Crippen LogP contribution in [-0.2, 0) is 0 Å². The average molecular weight is 313 g/mol. The second-order valence-electron chi connectivity index (χ2n) is 5.65. The number of amides is 1. The van der Waals surface area contributed by atoms with E-state index in [2.05, 4.69) is 20.1 Å². The van der Waals surface area contributed by atoms with Gasteiger partial charge in [-0.15, -0.1) is 0 Å². The number of nitrogens with zero attached hydrogens (tertiary/aromatic N) is 4. The highest BCUT2D eigenvalue weighted by atomic mass is 16.2. The van der Waals surface area contributed by atoms with Gasteiger partial charge in [-0.1, -0.05) is 6.07 Å². The molecule has 120 valence electrons. The molecule has 1 aliphatic rings. The number of likely N-dealkylation sites (N-methyl/N-ethyl adjacent to an activating group) is 1. The summed E-state index contributed by atoms with van der Waals surface area (Å²) in [4.78, 5) is 31.8. The topological polar surface area (TPSA) is 82.2 Å². The SMILES string of the molecule is CN(C(=O)c1ccc(=O)[nH]n1)[C@@H]1CCCN(c2ccccn2)C1. The molecule has 7 nitrogen and oxygen atoms in total. The largest absolute Gasteiger partial charge is 0.355 e. The van der Waals surface area contributed by atoms with E-state index in [1.54, 1.807) is 18.1 Å². The predicted octanol–water partition coefficient (Wildman–Crippen LogP) is 0.906. The Morgan fingerprint density at radius 2 is 2.22 bits per heavy atom. The Morgan fingerprint density at radius 1 is 1.35 bits per heavy atom. The van der Waals surface area contributed by atoms with Crippen LogP contribution >= 0.6 is 0 Å². The van der Waals surface area contributed by atoms with Crippen LogP contribution in [0.1, 0.15) is 23.3 Å². The fourth-order valence-corrected chi connectivity index (χ4v) is 2.83. The Morgan fingerprint density at radius 3 is 2.91 bits per heavy atom. The highest BCUT2D eigenvalue weighted by Gasteiger charge is 2.27. The van der Waals surface area contributed by atoms with Gasteiger partial charge in [-0.3, -0.25) is 9.59 Å². The number of carbonyl (C=O) groups excluding carboxylic acids is 1. The normalized spacial score (nSPS) is 17.8. The van der Waals surface area contributed by atoms with E-state index in [0.717, 1.165) is 31.7 Å². The van der Waals surface area contributed by atoms with Crippen molar-refractivity contribution in [1.82, 2.24) is 20.1 Å². The Kier molecular flexibility index (Phi) is 4.36. The number of pyridine rings is 1. The molecule has 2 aromatic rings. The van der Waals surface area contributed by atoms with E-state index in [9.17, 15) is 9.59 Å². The standard InChI is InChI=1S/C16H19N5O2/c1-20(16(23)13-7-8-15(22)19-18-13)12-5-4-10-21(11-12)14-6-2-3-9-17-14/h2-3,6-9,12H,4-5,10-11H2,1H3,(H,19,22)/t12-/m1/s1. The summed E-state index contributed by atoms with van der Waals surface area (Å²) in [6, 6.07) is 8.69. The van der Waals surface area contributed by atoms with Crippen LogP contribution in [0.3, 0.4) is 0 Å². The van der Waals surface area contributed by atoms with Gasteiger partial charge < -0.3 is 9.80 Å². The summed E-state index contributed by atoms with van der Waals surface area (Å²) in [5.74, 6) is 0.745. The Labute approximate surface area is 134 Å². The Hall–Kier alpha value is -2.70. The second kappa shape index (κ2) is 6.60. The van der Waals surface area contributed by atoms with Crippen LogP contribution in [0, 0.1) is 0 Å². The quantitative estimate of drug-likeness (QED) is 0.910. The van der Waals surface area contributed by atoms with E-state index in [1.165, 1.54) is 12.1 Å². The molecule has 1 aliphatic heterocycles. The van der Waals surface area contributed by atoms with Crippen LogP contribution < -0.4 is 10.5 Å². The van der Waals surface area contributed by atoms with E-state index in [1.807, 2.05) is 18.2 Å². The third kappa shape index (κ3) is 3.39. The fraction of sp³-hybridized carbons (Fsp3) is 0.375. The predicted molar refractivity (Wildman–Crippen MR) is 86.4 cm³/mol. The van der Waals surface area contributed by atoms with Crippen molar-refractivity contribution in [2.24, 2.45) is 0 Å². The van der Waals surface area contributed by atoms with Crippen molar-refractivity contribution >= 4 is 11.7 Å². The number of aromatic nitrogens is 3. The van der Waals surface area contributed by atoms with Crippen molar-refractivity contribution < 1.29 is 4.79 Å². The summed E-state index contributed by atoms with van der Waals surface area (Å²) in [6.07, 6.45) is 3.71. The highest BCUT2D eigenvalue weighted by Crippen LogP contribution is 2.20. The zero-order chi connectivity index (χ0) is 16.2. The molecule has 0 saturated carbocycles. The van der Waals surface area contributed by atoms with Gasteiger partial charge in [0.15, 0.2) is 0 Å². The van der Waals surface area contributed by atoms with Crippen LogP contribution in [-0.4, -0.2) is 52.2 Å². The summed E-state index contributed by atoms with van der Waals surface area (Å²) in [7, 11) is 1.78.